The van der Waals surface area contributed by atoms with Crippen LogP contribution in [0.25, 0.3) is 0 Å². The Hall–Kier alpha value is -0.680. The molecule has 0 aromatic heterocycles. The van der Waals surface area contributed by atoms with Gasteiger partial charge in [-0.25, -0.2) is 0 Å². The molecular formula is C13H16BrNO2S. The number of carbonyl (C=O) groups excluding carboxylic acids is 1. The second-order valence-corrected chi connectivity index (χ2v) is 6.36. The number of rotatable bonds is 3. The molecule has 1 amide bonds. The number of anilines is 1. The molecule has 1 N–H and O–H groups in total. The van der Waals surface area contributed by atoms with Crippen molar-refractivity contribution >= 4 is 39.3 Å². The van der Waals surface area contributed by atoms with Crippen molar-refractivity contribution in [3.8, 4) is 5.75 Å². The van der Waals surface area contributed by atoms with Gasteiger partial charge in [-0.1, -0.05) is 6.42 Å². The first-order valence-electron chi connectivity index (χ1n) is 5.96. The molecule has 0 radical (unpaired) electrons. The minimum atomic E-state index is 0.0804. The fourth-order valence-electron chi connectivity index (χ4n) is 1.89. The highest BCUT2D eigenvalue weighted by molar-refractivity contribution is 9.10. The largest absolute Gasteiger partial charge is 0.497 e. The highest BCUT2D eigenvalue weighted by Crippen LogP contribution is 2.30. The van der Waals surface area contributed by atoms with Gasteiger partial charge in [0.05, 0.1) is 18.0 Å². The van der Waals surface area contributed by atoms with Gasteiger partial charge in [-0.2, -0.15) is 0 Å². The van der Waals surface area contributed by atoms with Gasteiger partial charge in [0.2, 0.25) is 5.91 Å². The molecule has 1 aliphatic heterocycles. The number of halogens is 1. The Morgan fingerprint density at radius 2 is 2.33 bits per heavy atom. The normalized spacial score (nSPS) is 19.3. The van der Waals surface area contributed by atoms with Crippen molar-refractivity contribution in [3.05, 3.63) is 22.7 Å². The van der Waals surface area contributed by atoms with Gasteiger partial charge in [0, 0.05) is 10.5 Å². The van der Waals surface area contributed by atoms with E-state index in [9.17, 15) is 4.79 Å². The Balaban J connectivity index is 2.05. The van der Waals surface area contributed by atoms with Crippen molar-refractivity contribution in [1.82, 2.24) is 0 Å². The summed E-state index contributed by atoms with van der Waals surface area (Å²) in [4.78, 5) is 12.1. The predicted molar refractivity (Wildman–Crippen MR) is 79.4 cm³/mol. The van der Waals surface area contributed by atoms with E-state index in [2.05, 4.69) is 21.2 Å². The number of amides is 1. The van der Waals surface area contributed by atoms with E-state index in [1.165, 1.54) is 6.42 Å². The molecule has 1 aromatic rings. The van der Waals surface area contributed by atoms with E-state index < -0.39 is 0 Å². The molecule has 98 valence electrons. The van der Waals surface area contributed by atoms with Crippen LogP contribution < -0.4 is 10.1 Å². The Morgan fingerprint density at radius 3 is 3.00 bits per heavy atom. The van der Waals surface area contributed by atoms with E-state index in [0.717, 1.165) is 34.5 Å². The molecule has 1 saturated heterocycles. The van der Waals surface area contributed by atoms with Gasteiger partial charge in [-0.3, -0.25) is 4.79 Å². The maximum absolute atomic E-state index is 12.1. The number of ether oxygens (including phenoxy) is 1. The average Bonchev–Trinajstić information content (AvgIpc) is 2.42. The summed E-state index contributed by atoms with van der Waals surface area (Å²) in [6.07, 6.45) is 3.33. The van der Waals surface area contributed by atoms with Crippen LogP contribution in [0.15, 0.2) is 22.7 Å². The molecule has 18 heavy (non-hydrogen) atoms. The van der Waals surface area contributed by atoms with Crippen molar-refractivity contribution in [3.63, 3.8) is 0 Å². The summed E-state index contributed by atoms with van der Waals surface area (Å²) in [6, 6.07) is 5.56. The molecule has 5 heteroatoms. The number of methoxy groups -OCH3 is 1. The minimum Gasteiger partial charge on any atom is -0.497 e. The van der Waals surface area contributed by atoms with E-state index in [0.29, 0.717) is 0 Å². The molecule has 1 atom stereocenters. The lowest BCUT2D eigenvalue weighted by Gasteiger charge is -2.20. The molecule has 0 aliphatic carbocycles. The molecule has 1 fully saturated rings. The van der Waals surface area contributed by atoms with E-state index in [1.54, 1.807) is 18.9 Å². The van der Waals surface area contributed by atoms with Gasteiger partial charge in [0.1, 0.15) is 5.75 Å². The van der Waals surface area contributed by atoms with Crippen LogP contribution in [0.4, 0.5) is 5.69 Å². The maximum Gasteiger partial charge on any atom is 0.237 e. The van der Waals surface area contributed by atoms with Gasteiger partial charge in [-0.15, -0.1) is 11.8 Å². The molecule has 2 rings (SSSR count). The van der Waals surface area contributed by atoms with Crippen LogP contribution in [-0.4, -0.2) is 24.0 Å². The van der Waals surface area contributed by atoms with Crippen LogP contribution in [0.5, 0.6) is 5.75 Å². The SMILES string of the molecule is COc1ccc(Br)c(NC(=O)C2CCCCS2)c1. The van der Waals surface area contributed by atoms with Crippen LogP contribution in [0.3, 0.4) is 0 Å². The summed E-state index contributed by atoms with van der Waals surface area (Å²) in [5, 5.41) is 3.05. The van der Waals surface area contributed by atoms with Crippen LogP contribution in [0.1, 0.15) is 19.3 Å². The second-order valence-electron chi connectivity index (χ2n) is 4.19. The fourth-order valence-corrected chi connectivity index (χ4v) is 3.43. The van der Waals surface area contributed by atoms with Crippen LogP contribution >= 0.6 is 27.7 Å². The first-order chi connectivity index (χ1) is 8.70. The zero-order chi connectivity index (χ0) is 13.0. The van der Waals surface area contributed by atoms with E-state index in [4.69, 9.17) is 4.74 Å². The molecule has 1 unspecified atom stereocenters. The zero-order valence-corrected chi connectivity index (χ0v) is 12.6. The lowest BCUT2D eigenvalue weighted by atomic mass is 10.2. The highest BCUT2D eigenvalue weighted by Gasteiger charge is 2.22. The van der Waals surface area contributed by atoms with Gasteiger partial charge in [-0.05, 0) is 46.7 Å². The van der Waals surface area contributed by atoms with Crippen molar-refractivity contribution < 1.29 is 9.53 Å². The lowest BCUT2D eigenvalue weighted by molar-refractivity contribution is -0.115. The summed E-state index contributed by atoms with van der Waals surface area (Å²) in [5.74, 6) is 1.91. The van der Waals surface area contributed by atoms with E-state index in [1.807, 2.05) is 18.2 Å². The smallest absolute Gasteiger partial charge is 0.237 e. The quantitative estimate of drug-likeness (QED) is 0.919. The monoisotopic (exact) mass is 329 g/mol. The maximum atomic E-state index is 12.1. The number of nitrogens with one attached hydrogen (secondary N) is 1. The summed E-state index contributed by atoms with van der Waals surface area (Å²) in [6.45, 7) is 0. The second kappa shape index (κ2) is 6.48. The summed E-state index contributed by atoms with van der Waals surface area (Å²) < 4.78 is 6.03. The summed E-state index contributed by atoms with van der Waals surface area (Å²) in [7, 11) is 1.62. The third-order valence-electron chi connectivity index (χ3n) is 2.90. The highest BCUT2D eigenvalue weighted by atomic mass is 79.9. The zero-order valence-electron chi connectivity index (χ0n) is 10.2. The molecule has 3 nitrogen and oxygen atoms in total. The Labute approximate surface area is 120 Å². The first-order valence-corrected chi connectivity index (χ1v) is 7.81. The topological polar surface area (TPSA) is 38.3 Å². The third kappa shape index (κ3) is 3.42. The third-order valence-corrected chi connectivity index (χ3v) is 4.97. The average molecular weight is 330 g/mol. The van der Waals surface area contributed by atoms with Crippen molar-refractivity contribution in [2.45, 2.75) is 24.5 Å². The van der Waals surface area contributed by atoms with Crippen molar-refractivity contribution in [1.29, 1.82) is 0 Å². The van der Waals surface area contributed by atoms with Gasteiger partial charge in [0.25, 0.3) is 0 Å². The predicted octanol–water partition coefficient (Wildman–Crippen LogP) is 3.68. The van der Waals surface area contributed by atoms with E-state index >= 15 is 0 Å². The molecule has 0 saturated carbocycles. The Morgan fingerprint density at radius 1 is 1.50 bits per heavy atom. The summed E-state index contributed by atoms with van der Waals surface area (Å²) >= 11 is 5.18. The van der Waals surface area contributed by atoms with Gasteiger partial charge < -0.3 is 10.1 Å². The van der Waals surface area contributed by atoms with Crippen molar-refractivity contribution in [2.24, 2.45) is 0 Å². The first kappa shape index (κ1) is 13.7. The molecule has 0 bridgehead atoms. The molecular weight excluding hydrogens is 314 g/mol. The fraction of sp³-hybridized carbons (Fsp3) is 0.462. The number of thioether (sulfide) groups is 1. The van der Waals surface area contributed by atoms with E-state index in [-0.39, 0.29) is 11.2 Å². The Kier molecular flexibility index (Phi) is 4.95. The summed E-state index contributed by atoms with van der Waals surface area (Å²) in [5.41, 5.74) is 0.769. The number of benzene rings is 1. The number of carbonyl (C=O) groups is 1. The van der Waals surface area contributed by atoms with Gasteiger partial charge >= 0.3 is 0 Å². The van der Waals surface area contributed by atoms with Crippen molar-refractivity contribution in [2.75, 3.05) is 18.2 Å². The lowest BCUT2D eigenvalue weighted by Crippen LogP contribution is -2.27. The van der Waals surface area contributed by atoms with Gasteiger partial charge in [0.15, 0.2) is 0 Å². The molecule has 1 aromatic carbocycles. The number of hydrogen-bond acceptors (Lipinski definition) is 3. The standard InChI is InChI=1S/C13H16BrNO2S/c1-17-9-5-6-10(14)11(8-9)15-13(16)12-4-2-3-7-18-12/h5-6,8,12H,2-4,7H2,1H3,(H,15,16). The van der Waals surface area contributed by atoms with Crippen LogP contribution in [-0.2, 0) is 4.79 Å². The Bertz CT molecular complexity index is 433. The minimum absolute atomic E-state index is 0.0804. The van der Waals surface area contributed by atoms with Crippen LogP contribution in [0, 0.1) is 0 Å². The van der Waals surface area contributed by atoms with Crippen LogP contribution in [0.2, 0.25) is 0 Å². The number of hydrogen-bond donors (Lipinski definition) is 1. The molecule has 0 spiro atoms. The molecule has 1 aliphatic rings. The molecule has 1 heterocycles.